The van der Waals surface area contributed by atoms with Gasteiger partial charge in [-0.3, -0.25) is 4.40 Å². The summed E-state index contributed by atoms with van der Waals surface area (Å²) in [5.41, 5.74) is 6.96. The summed E-state index contributed by atoms with van der Waals surface area (Å²) in [6.07, 6.45) is 4.00. The number of pyridine rings is 1. The summed E-state index contributed by atoms with van der Waals surface area (Å²) < 4.78 is 1.64. The second-order valence-electron chi connectivity index (χ2n) is 3.19. The number of rotatable bonds is 3. The third kappa shape index (κ3) is 1.66. The van der Waals surface area contributed by atoms with Gasteiger partial charge in [-0.25, -0.2) is 0 Å². The fraction of sp³-hybridized carbons (Fsp3) is 0.222. The van der Waals surface area contributed by atoms with Gasteiger partial charge in [0.15, 0.2) is 0 Å². The first-order valence-corrected chi connectivity index (χ1v) is 4.52. The van der Waals surface area contributed by atoms with Crippen LogP contribution >= 0.6 is 0 Å². The molecule has 78 valence electrons. The average molecular weight is 206 g/mol. The first-order chi connectivity index (χ1) is 7.22. The Labute approximate surface area is 85.5 Å². The van der Waals surface area contributed by atoms with Gasteiger partial charge in [-0.05, 0) is 34.5 Å². The van der Waals surface area contributed by atoms with Gasteiger partial charge in [-0.15, -0.1) is 0 Å². The molecule has 0 amide bonds. The Hall–Kier alpha value is -1.95. The number of nitrogens with zero attached hydrogens (tertiary/aromatic N) is 3. The van der Waals surface area contributed by atoms with E-state index in [2.05, 4.69) is 4.98 Å². The average Bonchev–Trinajstić information content (AvgIpc) is 2.61. The molecular formula is C9H10N4O2. The van der Waals surface area contributed by atoms with Crippen LogP contribution in [-0.4, -0.2) is 20.9 Å². The van der Waals surface area contributed by atoms with E-state index in [0.717, 1.165) is 12.0 Å². The summed E-state index contributed by atoms with van der Waals surface area (Å²) in [7, 11) is 0. The number of fused-ring (bicyclic) bond motifs is 1. The van der Waals surface area contributed by atoms with Crippen molar-refractivity contribution >= 4 is 11.3 Å². The molecule has 2 heterocycles. The van der Waals surface area contributed by atoms with Gasteiger partial charge in [-0.1, -0.05) is 6.07 Å². The highest BCUT2D eigenvalue weighted by Gasteiger charge is 2.14. The number of imidazole rings is 1. The minimum atomic E-state index is -0.488. The minimum absolute atomic E-state index is 0.116. The molecule has 0 saturated heterocycles. The summed E-state index contributed by atoms with van der Waals surface area (Å²) >= 11 is 0. The first kappa shape index (κ1) is 9.60. The highest BCUT2D eigenvalue weighted by Crippen LogP contribution is 2.17. The number of aromatic nitrogens is 2. The van der Waals surface area contributed by atoms with Gasteiger partial charge in [0.05, 0.1) is 0 Å². The van der Waals surface area contributed by atoms with Gasteiger partial charge in [-0.2, -0.15) is 0 Å². The molecule has 6 nitrogen and oxygen atoms in total. The van der Waals surface area contributed by atoms with Crippen LogP contribution in [0.4, 0.5) is 5.82 Å². The van der Waals surface area contributed by atoms with Crippen LogP contribution in [0.5, 0.6) is 0 Å². The van der Waals surface area contributed by atoms with Crippen LogP contribution < -0.4 is 5.73 Å². The van der Waals surface area contributed by atoms with Crippen LogP contribution in [0.25, 0.3) is 5.52 Å². The molecule has 0 fully saturated rings. The topological polar surface area (TPSA) is 86.5 Å². The number of hydrogen-bond donors (Lipinski definition) is 1. The molecular weight excluding hydrogens is 196 g/mol. The van der Waals surface area contributed by atoms with Crippen LogP contribution in [0, 0.1) is 10.1 Å². The summed E-state index contributed by atoms with van der Waals surface area (Å²) in [6.45, 7) is 0.558. The molecule has 0 bridgehead atoms. The molecule has 0 atom stereocenters. The van der Waals surface area contributed by atoms with E-state index in [1.165, 1.54) is 6.33 Å². The first-order valence-electron chi connectivity index (χ1n) is 4.52. The maximum atomic E-state index is 10.6. The second kappa shape index (κ2) is 3.66. The van der Waals surface area contributed by atoms with Crippen LogP contribution in [0.2, 0.25) is 0 Å². The summed E-state index contributed by atoms with van der Waals surface area (Å²) in [4.78, 5) is 13.8. The maximum Gasteiger partial charge on any atom is 0.389 e. The van der Waals surface area contributed by atoms with E-state index in [-0.39, 0.29) is 5.82 Å². The zero-order valence-corrected chi connectivity index (χ0v) is 7.96. The van der Waals surface area contributed by atoms with Gasteiger partial charge in [0, 0.05) is 6.20 Å². The van der Waals surface area contributed by atoms with Crippen molar-refractivity contribution in [2.75, 3.05) is 6.54 Å². The SMILES string of the molecule is NCCc1ccc2c([N+](=O)[O-])ncn2c1. The largest absolute Gasteiger partial charge is 0.389 e. The highest BCUT2D eigenvalue weighted by atomic mass is 16.6. The Morgan fingerprint density at radius 2 is 2.33 bits per heavy atom. The van der Waals surface area contributed by atoms with Gasteiger partial charge in [0.1, 0.15) is 5.52 Å². The fourth-order valence-corrected chi connectivity index (χ4v) is 1.49. The molecule has 0 radical (unpaired) electrons. The summed E-state index contributed by atoms with van der Waals surface area (Å²) in [6, 6.07) is 3.52. The van der Waals surface area contributed by atoms with Crippen molar-refractivity contribution in [1.29, 1.82) is 0 Å². The van der Waals surface area contributed by atoms with Crippen LogP contribution in [0.3, 0.4) is 0 Å². The van der Waals surface area contributed by atoms with Crippen LogP contribution in [-0.2, 0) is 6.42 Å². The highest BCUT2D eigenvalue weighted by molar-refractivity contribution is 5.61. The Balaban J connectivity index is 2.51. The standard InChI is InChI=1S/C9H10N4O2/c10-4-3-7-1-2-8-9(13(14)15)11-6-12(8)5-7/h1-2,5-6H,3-4,10H2. The van der Waals surface area contributed by atoms with E-state index >= 15 is 0 Å². The molecule has 2 aromatic heterocycles. The van der Waals surface area contributed by atoms with E-state index in [9.17, 15) is 10.1 Å². The molecule has 2 N–H and O–H groups in total. The normalized spacial score (nSPS) is 10.7. The number of nitrogens with two attached hydrogens (primary N) is 1. The van der Waals surface area contributed by atoms with E-state index in [4.69, 9.17) is 5.73 Å². The molecule has 0 aliphatic rings. The lowest BCUT2D eigenvalue weighted by molar-refractivity contribution is -0.387. The Bertz CT molecular complexity index is 506. The molecule has 6 heteroatoms. The lowest BCUT2D eigenvalue weighted by Gasteiger charge is -1.98. The van der Waals surface area contributed by atoms with Crippen molar-refractivity contribution in [3.63, 3.8) is 0 Å². The fourth-order valence-electron chi connectivity index (χ4n) is 1.49. The van der Waals surface area contributed by atoms with E-state index in [1.54, 1.807) is 10.5 Å². The Morgan fingerprint density at radius 3 is 3.00 bits per heavy atom. The lowest BCUT2D eigenvalue weighted by atomic mass is 10.2. The van der Waals surface area contributed by atoms with Gasteiger partial charge < -0.3 is 15.8 Å². The predicted octanol–water partition coefficient (Wildman–Crippen LogP) is 0.744. The van der Waals surface area contributed by atoms with Crippen LogP contribution in [0.1, 0.15) is 5.56 Å². The summed E-state index contributed by atoms with van der Waals surface area (Å²) in [5, 5.41) is 10.6. The predicted molar refractivity (Wildman–Crippen MR) is 54.6 cm³/mol. The quantitative estimate of drug-likeness (QED) is 0.592. The van der Waals surface area contributed by atoms with Crippen molar-refractivity contribution in [2.24, 2.45) is 5.73 Å². The van der Waals surface area contributed by atoms with E-state index in [1.807, 2.05) is 12.3 Å². The molecule has 2 aromatic rings. The lowest BCUT2D eigenvalue weighted by Crippen LogP contribution is -2.03. The number of nitro groups is 1. The zero-order valence-electron chi connectivity index (χ0n) is 7.96. The van der Waals surface area contributed by atoms with Crippen molar-refractivity contribution in [3.05, 3.63) is 40.3 Å². The molecule has 0 aliphatic heterocycles. The molecule has 0 saturated carbocycles. The van der Waals surface area contributed by atoms with Gasteiger partial charge in [0.2, 0.25) is 6.33 Å². The smallest absolute Gasteiger partial charge is 0.358 e. The van der Waals surface area contributed by atoms with Crippen LogP contribution in [0.15, 0.2) is 24.7 Å². The van der Waals surface area contributed by atoms with Crippen molar-refractivity contribution in [2.45, 2.75) is 6.42 Å². The minimum Gasteiger partial charge on any atom is -0.358 e. The third-order valence-corrected chi connectivity index (χ3v) is 2.18. The van der Waals surface area contributed by atoms with E-state index < -0.39 is 4.92 Å². The molecule has 0 spiro atoms. The van der Waals surface area contributed by atoms with Crippen molar-refractivity contribution in [1.82, 2.24) is 9.38 Å². The van der Waals surface area contributed by atoms with Crippen molar-refractivity contribution < 1.29 is 4.92 Å². The molecule has 2 rings (SSSR count). The molecule has 0 aromatic carbocycles. The third-order valence-electron chi connectivity index (χ3n) is 2.18. The monoisotopic (exact) mass is 206 g/mol. The maximum absolute atomic E-state index is 10.6. The molecule has 0 unspecified atom stereocenters. The zero-order chi connectivity index (χ0) is 10.8. The van der Waals surface area contributed by atoms with Gasteiger partial charge >= 0.3 is 5.82 Å². The molecule has 0 aliphatic carbocycles. The molecule has 15 heavy (non-hydrogen) atoms. The van der Waals surface area contributed by atoms with Gasteiger partial charge in [0.25, 0.3) is 0 Å². The van der Waals surface area contributed by atoms with E-state index in [0.29, 0.717) is 12.1 Å². The summed E-state index contributed by atoms with van der Waals surface area (Å²) in [5.74, 6) is -0.116. The number of hydrogen-bond acceptors (Lipinski definition) is 4. The Kier molecular flexibility index (Phi) is 2.34. The second-order valence-corrected chi connectivity index (χ2v) is 3.19. The van der Waals surface area contributed by atoms with Crippen molar-refractivity contribution in [3.8, 4) is 0 Å². The Morgan fingerprint density at radius 1 is 1.53 bits per heavy atom.